The van der Waals surface area contributed by atoms with E-state index in [9.17, 15) is 9.59 Å². The molecule has 5 nitrogen and oxygen atoms in total. The molecule has 0 bridgehead atoms. The molecular formula is C19H23ClN2O3. The van der Waals surface area contributed by atoms with E-state index in [2.05, 4.69) is 5.32 Å². The molecule has 2 aromatic rings. The number of rotatable bonds is 7. The molecule has 2 aromatic carbocycles. The molecule has 0 unspecified atom stereocenters. The van der Waals surface area contributed by atoms with Crippen LogP contribution in [0, 0.1) is 0 Å². The molecule has 2 atom stereocenters. The first kappa shape index (κ1) is 20.7. The van der Waals surface area contributed by atoms with Crippen LogP contribution in [0.2, 0.25) is 0 Å². The quantitative estimate of drug-likeness (QED) is 0.740. The summed E-state index contributed by atoms with van der Waals surface area (Å²) in [5.74, 6) is -0.859. The first-order valence-electron chi connectivity index (χ1n) is 7.86. The molecule has 6 heteroatoms. The van der Waals surface area contributed by atoms with Crippen LogP contribution in [0.4, 0.5) is 0 Å². The van der Waals surface area contributed by atoms with Crippen LogP contribution in [0.15, 0.2) is 60.7 Å². The van der Waals surface area contributed by atoms with Crippen molar-refractivity contribution in [3.05, 3.63) is 71.8 Å². The first-order chi connectivity index (χ1) is 11.6. The maximum atomic E-state index is 12.1. The molecule has 25 heavy (non-hydrogen) atoms. The highest BCUT2D eigenvalue weighted by molar-refractivity contribution is 5.87. The van der Waals surface area contributed by atoms with Gasteiger partial charge in [0.25, 0.3) is 0 Å². The maximum Gasteiger partial charge on any atom is 0.328 e. The molecule has 0 aliphatic heterocycles. The highest BCUT2D eigenvalue weighted by atomic mass is 35.5. The predicted molar refractivity (Wildman–Crippen MR) is 99.2 cm³/mol. The minimum absolute atomic E-state index is 0. The first-order valence-corrected chi connectivity index (χ1v) is 7.86. The fourth-order valence-electron chi connectivity index (χ4n) is 2.19. The molecule has 0 saturated heterocycles. The third kappa shape index (κ3) is 6.95. The summed E-state index contributed by atoms with van der Waals surface area (Å²) in [4.78, 5) is 24.0. The van der Waals surface area contributed by atoms with Gasteiger partial charge in [-0.3, -0.25) is 4.79 Å². The zero-order valence-electron chi connectivity index (χ0n) is 14.1. The lowest BCUT2D eigenvalue weighted by Crippen LogP contribution is -2.48. The number of esters is 1. The summed E-state index contributed by atoms with van der Waals surface area (Å²) < 4.78 is 5.19. The Kier molecular flexibility index (Phi) is 8.67. The number of nitrogens with two attached hydrogens (primary N) is 1. The van der Waals surface area contributed by atoms with Gasteiger partial charge in [-0.1, -0.05) is 60.7 Å². The van der Waals surface area contributed by atoms with Gasteiger partial charge in [0.1, 0.15) is 12.6 Å². The average molecular weight is 363 g/mol. The third-order valence-corrected chi connectivity index (χ3v) is 3.57. The number of hydrogen-bond donors (Lipinski definition) is 2. The van der Waals surface area contributed by atoms with Crippen molar-refractivity contribution in [2.24, 2.45) is 5.73 Å². The number of benzene rings is 2. The number of amides is 1. The number of hydrogen-bond acceptors (Lipinski definition) is 4. The standard InChI is InChI=1S/C19H22N2O3.ClH/c1-14(19(23)24-13-16-10-6-3-7-11-16)21-18(22)17(20)12-15-8-4-2-5-9-15;/h2-11,14,17H,12-13,20H2,1H3,(H,21,22);1H/t14-,17-;/m0./s1. The summed E-state index contributed by atoms with van der Waals surface area (Å²) in [7, 11) is 0. The zero-order valence-corrected chi connectivity index (χ0v) is 14.9. The van der Waals surface area contributed by atoms with Crippen molar-refractivity contribution >= 4 is 24.3 Å². The lowest BCUT2D eigenvalue weighted by molar-refractivity contribution is -0.148. The Morgan fingerprint density at radius 2 is 1.52 bits per heavy atom. The summed E-state index contributed by atoms with van der Waals surface area (Å²) in [6, 6.07) is 17.4. The van der Waals surface area contributed by atoms with Crippen LogP contribution >= 0.6 is 12.4 Å². The minimum atomic E-state index is -0.747. The van der Waals surface area contributed by atoms with Crippen molar-refractivity contribution in [1.29, 1.82) is 0 Å². The summed E-state index contributed by atoms with van der Waals surface area (Å²) in [5, 5.41) is 2.60. The van der Waals surface area contributed by atoms with Crippen molar-refractivity contribution in [3.63, 3.8) is 0 Å². The molecule has 2 rings (SSSR count). The normalized spacial score (nSPS) is 12.4. The number of nitrogens with one attached hydrogen (secondary N) is 1. The Balaban J connectivity index is 0.00000312. The Labute approximate surface area is 154 Å². The van der Waals surface area contributed by atoms with Crippen LogP contribution in [-0.4, -0.2) is 24.0 Å². The smallest absolute Gasteiger partial charge is 0.328 e. The van der Waals surface area contributed by atoms with Crippen LogP contribution in [0.25, 0.3) is 0 Å². The molecular weight excluding hydrogens is 340 g/mol. The van der Waals surface area contributed by atoms with Gasteiger partial charge in [-0.25, -0.2) is 4.79 Å². The van der Waals surface area contributed by atoms with Gasteiger partial charge in [-0.05, 0) is 24.5 Å². The van der Waals surface area contributed by atoms with E-state index in [1.807, 2.05) is 60.7 Å². The van der Waals surface area contributed by atoms with Crippen LogP contribution in [0.1, 0.15) is 18.1 Å². The van der Waals surface area contributed by atoms with Gasteiger partial charge < -0.3 is 15.8 Å². The Morgan fingerprint density at radius 3 is 2.08 bits per heavy atom. The zero-order chi connectivity index (χ0) is 17.4. The lowest BCUT2D eigenvalue weighted by Gasteiger charge is -2.17. The van der Waals surface area contributed by atoms with E-state index < -0.39 is 18.1 Å². The van der Waals surface area contributed by atoms with Gasteiger partial charge in [0.05, 0.1) is 6.04 Å². The predicted octanol–water partition coefficient (Wildman–Crippen LogP) is 2.23. The molecule has 1 amide bonds. The van der Waals surface area contributed by atoms with Gasteiger partial charge in [0.15, 0.2) is 0 Å². The van der Waals surface area contributed by atoms with Crippen LogP contribution < -0.4 is 11.1 Å². The largest absolute Gasteiger partial charge is 0.459 e. The van der Waals surface area contributed by atoms with Gasteiger partial charge >= 0.3 is 5.97 Å². The fraction of sp³-hybridized carbons (Fsp3) is 0.263. The maximum absolute atomic E-state index is 12.1. The van der Waals surface area contributed by atoms with E-state index in [0.717, 1.165) is 11.1 Å². The third-order valence-electron chi connectivity index (χ3n) is 3.57. The Morgan fingerprint density at radius 1 is 1.00 bits per heavy atom. The van der Waals surface area contributed by atoms with Crippen molar-refractivity contribution in [3.8, 4) is 0 Å². The molecule has 0 aliphatic carbocycles. The number of carbonyl (C=O) groups is 2. The lowest BCUT2D eigenvalue weighted by atomic mass is 10.1. The van der Waals surface area contributed by atoms with E-state index >= 15 is 0 Å². The summed E-state index contributed by atoms with van der Waals surface area (Å²) in [6.45, 7) is 1.76. The molecule has 0 spiro atoms. The molecule has 0 heterocycles. The highest BCUT2D eigenvalue weighted by Crippen LogP contribution is 2.04. The Bertz CT molecular complexity index is 665. The van der Waals surface area contributed by atoms with Crippen molar-refractivity contribution in [1.82, 2.24) is 5.32 Å². The van der Waals surface area contributed by atoms with Gasteiger partial charge in [0, 0.05) is 0 Å². The van der Waals surface area contributed by atoms with E-state index in [-0.39, 0.29) is 24.9 Å². The minimum Gasteiger partial charge on any atom is -0.459 e. The van der Waals surface area contributed by atoms with Gasteiger partial charge in [-0.15, -0.1) is 12.4 Å². The highest BCUT2D eigenvalue weighted by Gasteiger charge is 2.21. The second-order valence-electron chi connectivity index (χ2n) is 5.62. The van der Waals surface area contributed by atoms with E-state index in [1.165, 1.54) is 0 Å². The molecule has 0 radical (unpaired) electrons. The monoisotopic (exact) mass is 362 g/mol. The van der Waals surface area contributed by atoms with Gasteiger partial charge in [0.2, 0.25) is 5.91 Å². The summed E-state index contributed by atoms with van der Waals surface area (Å²) in [6.07, 6.45) is 0.415. The van der Waals surface area contributed by atoms with Crippen molar-refractivity contribution < 1.29 is 14.3 Å². The molecule has 0 fully saturated rings. The topological polar surface area (TPSA) is 81.4 Å². The van der Waals surface area contributed by atoms with Crippen LogP contribution in [0.5, 0.6) is 0 Å². The molecule has 0 saturated carbocycles. The van der Waals surface area contributed by atoms with Crippen molar-refractivity contribution in [2.75, 3.05) is 0 Å². The fourth-order valence-corrected chi connectivity index (χ4v) is 2.19. The second kappa shape index (κ2) is 10.5. The van der Waals surface area contributed by atoms with Gasteiger partial charge in [-0.2, -0.15) is 0 Å². The van der Waals surface area contributed by atoms with Crippen molar-refractivity contribution in [2.45, 2.75) is 32.0 Å². The van der Waals surface area contributed by atoms with E-state index in [1.54, 1.807) is 6.92 Å². The number of carbonyl (C=O) groups excluding carboxylic acids is 2. The molecule has 0 aromatic heterocycles. The van der Waals surface area contributed by atoms with Crippen LogP contribution in [-0.2, 0) is 27.4 Å². The average Bonchev–Trinajstić information content (AvgIpc) is 2.61. The Hall–Kier alpha value is -2.37. The van der Waals surface area contributed by atoms with E-state index in [0.29, 0.717) is 6.42 Å². The number of ether oxygens (including phenoxy) is 1. The molecule has 0 aliphatic rings. The van der Waals surface area contributed by atoms with E-state index in [4.69, 9.17) is 10.5 Å². The molecule has 3 N–H and O–H groups in total. The summed E-state index contributed by atoms with van der Waals surface area (Å²) >= 11 is 0. The van der Waals surface area contributed by atoms with Crippen LogP contribution in [0.3, 0.4) is 0 Å². The summed E-state index contributed by atoms with van der Waals surface area (Å²) in [5.41, 5.74) is 7.76. The second-order valence-corrected chi connectivity index (χ2v) is 5.62. The number of halogens is 1. The SMILES string of the molecule is C[C@H](NC(=O)[C@@H](N)Cc1ccccc1)C(=O)OCc1ccccc1.Cl. The molecule has 134 valence electrons.